The first-order valence-corrected chi connectivity index (χ1v) is 9.67. The van der Waals surface area contributed by atoms with Gasteiger partial charge in [0.15, 0.2) is 0 Å². The quantitative estimate of drug-likeness (QED) is 0.611. The lowest BCUT2D eigenvalue weighted by molar-refractivity contribution is -0.274. The number of benzene rings is 1. The summed E-state index contributed by atoms with van der Waals surface area (Å²) in [5.41, 5.74) is -0.607. The first kappa shape index (κ1) is 22.6. The molecular weight excluding hydrogens is 411 g/mol. The Balaban J connectivity index is 2.02. The van der Waals surface area contributed by atoms with Crippen molar-refractivity contribution in [2.45, 2.75) is 52.6 Å². The minimum atomic E-state index is -4.83. The highest BCUT2D eigenvalue weighted by atomic mass is 19.4. The summed E-state index contributed by atoms with van der Waals surface area (Å²) in [6, 6.07) is 7.28. The van der Waals surface area contributed by atoms with Crippen molar-refractivity contribution in [2.24, 2.45) is 5.41 Å². The summed E-state index contributed by atoms with van der Waals surface area (Å²) < 4.78 is 41.2. The molecule has 0 bridgehead atoms. The monoisotopic (exact) mass is 435 g/mol. The Morgan fingerprint density at radius 3 is 2.00 bits per heavy atom. The van der Waals surface area contributed by atoms with Crippen LogP contribution in [0.1, 0.15) is 46.2 Å². The van der Waals surface area contributed by atoms with Gasteiger partial charge >= 0.3 is 12.4 Å². The van der Waals surface area contributed by atoms with Gasteiger partial charge in [-0.1, -0.05) is 20.8 Å². The normalized spacial score (nSPS) is 17.8. The van der Waals surface area contributed by atoms with Crippen LogP contribution in [0.5, 0.6) is 5.75 Å². The molecule has 1 aromatic carbocycles. The minimum absolute atomic E-state index is 0.169. The summed E-state index contributed by atoms with van der Waals surface area (Å²) >= 11 is 0. The van der Waals surface area contributed by atoms with Gasteiger partial charge in [-0.15, -0.1) is 13.2 Å². The van der Waals surface area contributed by atoms with Gasteiger partial charge in [-0.2, -0.15) is 0 Å². The number of alkyl halides is 3. The smallest absolute Gasteiger partial charge is 0.406 e. The summed E-state index contributed by atoms with van der Waals surface area (Å²) in [5.74, 6) is -0.902. The molecule has 166 valence electrons. The number of urea groups is 1. The zero-order valence-electron chi connectivity index (χ0n) is 17.9. The van der Waals surface area contributed by atoms with E-state index < -0.39 is 41.0 Å². The Hall–Kier alpha value is -3.10. The second kappa shape index (κ2) is 7.55. The fourth-order valence-electron chi connectivity index (χ4n) is 3.85. The first-order valence-electron chi connectivity index (χ1n) is 9.67. The molecule has 0 saturated carbocycles. The van der Waals surface area contributed by atoms with Crippen LogP contribution >= 0.6 is 0 Å². The highest BCUT2D eigenvalue weighted by Gasteiger charge is 2.56. The van der Waals surface area contributed by atoms with E-state index in [4.69, 9.17) is 0 Å². The molecular formula is C22H24F3N3O3. The first-order chi connectivity index (χ1) is 14.2. The number of carbonyl (C=O) groups excluding carboxylic acids is 2. The maximum atomic E-state index is 13.5. The molecule has 1 aliphatic rings. The van der Waals surface area contributed by atoms with Crippen molar-refractivity contribution in [3.8, 4) is 5.75 Å². The van der Waals surface area contributed by atoms with Crippen LogP contribution in [0.4, 0.5) is 23.7 Å². The molecule has 2 heterocycles. The zero-order valence-corrected chi connectivity index (χ0v) is 17.9. The summed E-state index contributed by atoms with van der Waals surface area (Å²) in [7, 11) is 0. The number of imide groups is 1. The van der Waals surface area contributed by atoms with Crippen LogP contribution in [0.2, 0.25) is 0 Å². The summed E-state index contributed by atoms with van der Waals surface area (Å²) in [4.78, 5) is 33.3. The van der Waals surface area contributed by atoms with Crippen molar-refractivity contribution in [3.63, 3.8) is 0 Å². The third-order valence-electron chi connectivity index (χ3n) is 5.15. The van der Waals surface area contributed by atoms with Crippen LogP contribution in [-0.4, -0.2) is 33.7 Å². The van der Waals surface area contributed by atoms with Gasteiger partial charge < -0.3 is 9.64 Å². The molecule has 3 amide bonds. The summed E-state index contributed by atoms with van der Waals surface area (Å²) in [6.45, 7) is 9.23. The molecule has 1 unspecified atom stereocenters. The fraction of sp³-hybridized carbons (Fsp3) is 0.409. The van der Waals surface area contributed by atoms with Crippen LogP contribution < -0.4 is 9.64 Å². The molecule has 1 aliphatic heterocycles. The van der Waals surface area contributed by atoms with Crippen LogP contribution in [-0.2, 0) is 4.79 Å². The van der Waals surface area contributed by atoms with Gasteiger partial charge in [0.2, 0.25) is 0 Å². The molecule has 0 spiro atoms. The fourth-order valence-corrected chi connectivity index (χ4v) is 3.85. The van der Waals surface area contributed by atoms with E-state index >= 15 is 0 Å². The van der Waals surface area contributed by atoms with Gasteiger partial charge in [0.05, 0.1) is 11.7 Å². The van der Waals surface area contributed by atoms with E-state index in [0.29, 0.717) is 0 Å². The molecule has 3 rings (SSSR count). The van der Waals surface area contributed by atoms with Gasteiger partial charge in [0.1, 0.15) is 11.3 Å². The lowest BCUT2D eigenvalue weighted by atomic mass is 9.80. The number of ether oxygens (including phenoxy) is 1. The van der Waals surface area contributed by atoms with Crippen LogP contribution in [0, 0.1) is 5.41 Å². The zero-order chi connectivity index (χ0) is 23.2. The van der Waals surface area contributed by atoms with Crippen molar-refractivity contribution in [3.05, 3.63) is 54.4 Å². The number of carbonyl (C=O) groups is 2. The van der Waals surface area contributed by atoms with Gasteiger partial charge in [0.25, 0.3) is 5.91 Å². The van der Waals surface area contributed by atoms with Gasteiger partial charge in [-0.3, -0.25) is 9.78 Å². The average molecular weight is 435 g/mol. The molecule has 1 saturated heterocycles. The summed E-state index contributed by atoms with van der Waals surface area (Å²) in [6.07, 6.45) is -1.58. The molecule has 0 radical (unpaired) electrons. The van der Waals surface area contributed by atoms with Crippen LogP contribution in [0.25, 0.3) is 0 Å². The molecule has 6 nitrogen and oxygen atoms in total. The summed E-state index contributed by atoms with van der Waals surface area (Å²) in [5, 5.41) is 0. The molecule has 1 aromatic heterocycles. The highest BCUT2D eigenvalue weighted by molar-refractivity contribution is 6.23. The van der Waals surface area contributed by atoms with Crippen molar-refractivity contribution in [1.29, 1.82) is 0 Å². The maximum absolute atomic E-state index is 13.5. The maximum Gasteiger partial charge on any atom is 0.573 e. The number of aromatic nitrogens is 1. The molecule has 0 aliphatic carbocycles. The van der Waals surface area contributed by atoms with Crippen LogP contribution in [0.15, 0.2) is 48.8 Å². The number of nitrogens with zero attached hydrogens (tertiary/aromatic N) is 3. The lowest BCUT2D eigenvalue weighted by Gasteiger charge is -2.43. The second-order valence-electron chi connectivity index (χ2n) is 8.94. The number of hydrogen-bond donors (Lipinski definition) is 0. The third-order valence-corrected chi connectivity index (χ3v) is 5.15. The van der Waals surface area contributed by atoms with Crippen molar-refractivity contribution in [2.75, 3.05) is 4.90 Å². The number of rotatable bonds is 4. The Kier molecular flexibility index (Phi) is 5.50. The van der Waals surface area contributed by atoms with E-state index in [1.807, 2.05) is 20.8 Å². The van der Waals surface area contributed by atoms with Crippen molar-refractivity contribution in [1.82, 2.24) is 9.88 Å². The average Bonchev–Trinajstić information content (AvgIpc) is 2.81. The van der Waals surface area contributed by atoms with E-state index in [1.165, 1.54) is 17.0 Å². The third kappa shape index (κ3) is 4.35. The molecule has 0 N–H and O–H groups in total. The van der Waals surface area contributed by atoms with E-state index in [-0.39, 0.29) is 5.69 Å². The SMILES string of the molecule is CC(C)(C)C(c1ccncc1)N1C(=O)N(c2ccc(OC(F)(F)F)cc2)C(=O)C1(C)C. The topological polar surface area (TPSA) is 62.7 Å². The van der Waals surface area contributed by atoms with E-state index in [1.54, 1.807) is 38.4 Å². The van der Waals surface area contributed by atoms with Crippen molar-refractivity contribution < 1.29 is 27.5 Å². The van der Waals surface area contributed by atoms with Gasteiger partial charge in [-0.05, 0) is 61.2 Å². The van der Waals surface area contributed by atoms with E-state index in [0.717, 1.165) is 22.6 Å². The molecule has 1 fully saturated rings. The van der Waals surface area contributed by atoms with Gasteiger partial charge in [0, 0.05) is 12.4 Å². The second-order valence-corrected chi connectivity index (χ2v) is 8.94. The molecule has 31 heavy (non-hydrogen) atoms. The van der Waals surface area contributed by atoms with Crippen LogP contribution in [0.3, 0.4) is 0 Å². The highest BCUT2D eigenvalue weighted by Crippen LogP contribution is 2.46. The standard InChI is InChI=1S/C22H24F3N3O3/c1-20(2,3)17(14-10-12-26-13-11-14)28-19(30)27(18(29)21(28,4)5)15-6-8-16(9-7-15)31-22(23,24)25/h6-13,17H,1-5H3. The molecule has 2 aromatic rings. The molecule has 9 heteroatoms. The number of hydrogen-bond acceptors (Lipinski definition) is 4. The number of amides is 3. The Morgan fingerprint density at radius 2 is 1.52 bits per heavy atom. The van der Waals surface area contributed by atoms with Crippen molar-refractivity contribution >= 4 is 17.6 Å². The Morgan fingerprint density at radius 1 is 0.968 bits per heavy atom. The largest absolute Gasteiger partial charge is 0.573 e. The molecule has 1 atom stereocenters. The Bertz CT molecular complexity index is 967. The van der Waals surface area contributed by atoms with Gasteiger partial charge in [-0.25, -0.2) is 9.69 Å². The van der Waals surface area contributed by atoms with E-state index in [9.17, 15) is 22.8 Å². The number of anilines is 1. The minimum Gasteiger partial charge on any atom is -0.406 e. The Labute approximate surface area is 178 Å². The number of pyridine rings is 1. The number of halogens is 3. The lowest BCUT2D eigenvalue weighted by Crippen LogP contribution is -2.49. The predicted molar refractivity (Wildman–Crippen MR) is 108 cm³/mol. The predicted octanol–water partition coefficient (Wildman–Crippen LogP) is 5.31. The van der Waals surface area contributed by atoms with E-state index in [2.05, 4.69) is 9.72 Å².